The number of hydrogen-bond acceptors (Lipinski definition) is 4. The zero-order chi connectivity index (χ0) is 20.5. The van der Waals surface area contributed by atoms with Gasteiger partial charge in [0.2, 0.25) is 5.75 Å². The average molecular weight is 521 g/mol. The van der Waals surface area contributed by atoms with Gasteiger partial charge in [-0.1, -0.05) is 0 Å². The highest BCUT2D eigenvalue weighted by Gasteiger charge is 2.11. The number of nitrogens with one attached hydrogen (secondary N) is 2. The second-order valence-electron chi connectivity index (χ2n) is 5.96. The maximum Gasteiger partial charge on any atom is 0.200 e. The Morgan fingerprint density at radius 1 is 1.07 bits per heavy atom. The third-order valence-corrected chi connectivity index (χ3v) is 4.00. The van der Waals surface area contributed by atoms with Crippen LogP contribution in [0.25, 0.3) is 0 Å². The summed E-state index contributed by atoms with van der Waals surface area (Å²) in [6, 6.07) is 6.75. The summed E-state index contributed by atoms with van der Waals surface area (Å²) >= 11 is 0. The maximum absolute atomic E-state index is 13.7. The normalized spacial score (nSPS) is 10.9. The number of aromatic hydroxyl groups is 1. The van der Waals surface area contributed by atoms with E-state index in [0.29, 0.717) is 49.1 Å². The number of hydrogen-bond donors (Lipinski definition) is 3. The van der Waals surface area contributed by atoms with Crippen LogP contribution in [0.2, 0.25) is 0 Å². The van der Waals surface area contributed by atoms with Crippen LogP contribution in [-0.4, -0.2) is 38.4 Å². The summed E-state index contributed by atoms with van der Waals surface area (Å²) in [7, 11) is 2.91. The minimum Gasteiger partial charge on any atom is -0.502 e. The van der Waals surface area contributed by atoms with Crippen molar-refractivity contribution in [3.05, 3.63) is 53.1 Å². The van der Waals surface area contributed by atoms with E-state index in [1.807, 2.05) is 6.92 Å². The van der Waals surface area contributed by atoms with Gasteiger partial charge in [-0.05, 0) is 54.8 Å². The highest BCUT2D eigenvalue weighted by Crippen LogP contribution is 2.37. The predicted octanol–water partition coefficient (Wildman–Crippen LogP) is 3.60. The Kier molecular flexibility index (Phi) is 10.5. The van der Waals surface area contributed by atoms with Crippen molar-refractivity contribution in [2.75, 3.05) is 27.3 Å². The number of rotatable bonds is 8. The van der Waals surface area contributed by atoms with Gasteiger partial charge >= 0.3 is 0 Å². The number of aliphatic imine (C=N–C) groups is 1. The number of ether oxygens (including phenoxy) is 2. The van der Waals surface area contributed by atoms with E-state index in [4.69, 9.17) is 9.47 Å². The molecule has 0 unspecified atom stereocenters. The van der Waals surface area contributed by atoms with Gasteiger partial charge in [-0.2, -0.15) is 0 Å². The monoisotopic (exact) mass is 521 g/mol. The minimum atomic E-state index is -0.466. The Bertz CT molecular complexity index is 810. The SMILES string of the molecule is CCNC(=NCc1cc(OC)c(O)c(OC)c1)NCCc1cc(F)ccc1F.I. The Morgan fingerprint density at radius 3 is 2.31 bits per heavy atom. The van der Waals surface area contributed by atoms with Crippen LogP contribution in [-0.2, 0) is 13.0 Å². The number of phenols is 1. The molecule has 0 aliphatic rings. The fourth-order valence-corrected chi connectivity index (χ4v) is 2.60. The van der Waals surface area contributed by atoms with E-state index >= 15 is 0 Å². The van der Waals surface area contributed by atoms with Crippen molar-refractivity contribution in [1.29, 1.82) is 0 Å². The molecule has 0 fully saturated rings. The molecule has 2 rings (SSSR count). The second kappa shape index (κ2) is 12.3. The van der Waals surface area contributed by atoms with Crippen molar-refractivity contribution in [3.8, 4) is 17.2 Å². The van der Waals surface area contributed by atoms with E-state index < -0.39 is 11.6 Å². The quantitative estimate of drug-likeness (QED) is 0.281. The predicted molar refractivity (Wildman–Crippen MR) is 120 cm³/mol. The van der Waals surface area contributed by atoms with E-state index in [0.717, 1.165) is 17.7 Å². The molecule has 0 spiro atoms. The van der Waals surface area contributed by atoms with Gasteiger partial charge < -0.3 is 25.2 Å². The fraction of sp³-hybridized carbons (Fsp3) is 0.350. The van der Waals surface area contributed by atoms with Gasteiger partial charge in [0.25, 0.3) is 0 Å². The van der Waals surface area contributed by atoms with Crippen molar-refractivity contribution in [1.82, 2.24) is 10.6 Å². The van der Waals surface area contributed by atoms with Crippen molar-refractivity contribution < 1.29 is 23.4 Å². The van der Waals surface area contributed by atoms with E-state index in [2.05, 4.69) is 15.6 Å². The summed E-state index contributed by atoms with van der Waals surface area (Å²) in [5.74, 6) is 0.152. The number of methoxy groups -OCH3 is 2. The molecule has 0 saturated carbocycles. The lowest BCUT2D eigenvalue weighted by atomic mass is 10.1. The van der Waals surface area contributed by atoms with Crippen LogP contribution < -0.4 is 20.1 Å². The summed E-state index contributed by atoms with van der Waals surface area (Å²) in [4.78, 5) is 4.47. The Morgan fingerprint density at radius 2 is 1.72 bits per heavy atom. The molecule has 2 aromatic carbocycles. The van der Waals surface area contributed by atoms with Crippen molar-refractivity contribution >= 4 is 29.9 Å². The standard InChI is InChI=1S/C20H25F2N3O3.HI/c1-4-23-20(24-8-7-14-11-15(21)5-6-16(14)22)25-12-13-9-17(27-2)19(26)18(10-13)28-3;/h5-6,9-11,26H,4,7-8,12H2,1-3H3,(H2,23,24,25);1H. The van der Waals surface area contributed by atoms with Gasteiger partial charge in [-0.25, -0.2) is 13.8 Å². The largest absolute Gasteiger partial charge is 0.502 e. The summed E-state index contributed by atoms with van der Waals surface area (Å²) < 4.78 is 37.2. The summed E-state index contributed by atoms with van der Waals surface area (Å²) in [5, 5.41) is 16.2. The van der Waals surface area contributed by atoms with Crippen molar-refractivity contribution in [2.45, 2.75) is 19.9 Å². The zero-order valence-electron chi connectivity index (χ0n) is 16.6. The first kappa shape index (κ1) is 24.7. The molecule has 0 aliphatic heterocycles. The smallest absolute Gasteiger partial charge is 0.200 e. The van der Waals surface area contributed by atoms with E-state index in [1.54, 1.807) is 12.1 Å². The number of phenolic OH excluding ortho intramolecular Hbond substituents is 1. The van der Waals surface area contributed by atoms with Crippen LogP contribution in [0.1, 0.15) is 18.1 Å². The number of nitrogens with zero attached hydrogens (tertiary/aromatic N) is 1. The van der Waals surface area contributed by atoms with E-state index in [1.165, 1.54) is 20.3 Å². The molecule has 29 heavy (non-hydrogen) atoms. The lowest BCUT2D eigenvalue weighted by Gasteiger charge is -2.13. The third-order valence-electron chi connectivity index (χ3n) is 4.00. The molecule has 0 atom stereocenters. The topological polar surface area (TPSA) is 75.1 Å². The molecular formula is C20H26F2IN3O3. The molecule has 0 aromatic heterocycles. The van der Waals surface area contributed by atoms with Gasteiger partial charge in [-0.15, -0.1) is 24.0 Å². The van der Waals surface area contributed by atoms with Crippen LogP contribution in [0.5, 0.6) is 17.2 Å². The highest BCUT2D eigenvalue weighted by atomic mass is 127. The van der Waals surface area contributed by atoms with Gasteiger partial charge in [0.15, 0.2) is 17.5 Å². The summed E-state index contributed by atoms with van der Waals surface area (Å²) in [6.45, 7) is 3.25. The van der Waals surface area contributed by atoms with Crippen LogP contribution >= 0.6 is 24.0 Å². The number of benzene rings is 2. The van der Waals surface area contributed by atoms with Crippen LogP contribution in [0.3, 0.4) is 0 Å². The highest BCUT2D eigenvalue weighted by molar-refractivity contribution is 14.0. The molecular weight excluding hydrogens is 495 g/mol. The minimum absolute atomic E-state index is 0. The first-order valence-electron chi connectivity index (χ1n) is 8.88. The molecule has 0 aliphatic carbocycles. The molecule has 0 amide bonds. The second-order valence-corrected chi connectivity index (χ2v) is 5.96. The summed E-state index contributed by atoms with van der Waals surface area (Å²) in [6.07, 6.45) is 0.314. The van der Waals surface area contributed by atoms with Crippen LogP contribution in [0.4, 0.5) is 8.78 Å². The molecule has 0 radical (unpaired) electrons. The molecule has 0 saturated heterocycles. The Labute approximate surface area is 186 Å². The Hall–Kier alpha value is -2.30. The lowest BCUT2D eigenvalue weighted by molar-refractivity contribution is 0.339. The summed E-state index contributed by atoms with van der Waals surface area (Å²) in [5.41, 5.74) is 1.08. The molecule has 0 heterocycles. The zero-order valence-corrected chi connectivity index (χ0v) is 18.9. The molecule has 6 nitrogen and oxygen atoms in total. The molecule has 2 aromatic rings. The fourth-order valence-electron chi connectivity index (χ4n) is 2.60. The molecule has 0 bridgehead atoms. The lowest BCUT2D eigenvalue weighted by Crippen LogP contribution is -2.38. The van der Waals surface area contributed by atoms with Gasteiger partial charge in [0.05, 0.1) is 20.8 Å². The van der Waals surface area contributed by atoms with Crippen LogP contribution in [0, 0.1) is 11.6 Å². The van der Waals surface area contributed by atoms with E-state index in [9.17, 15) is 13.9 Å². The first-order valence-corrected chi connectivity index (χ1v) is 8.88. The molecule has 3 N–H and O–H groups in total. The molecule has 160 valence electrons. The maximum atomic E-state index is 13.7. The number of guanidine groups is 1. The average Bonchev–Trinajstić information content (AvgIpc) is 2.69. The third kappa shape index (κ3) is 7.22. The van der Waals surface area contributed by atoms with Gasteiger partial charge in [-0.3, -0.25) is 0 Å². The van der Waals surface area contributed by atoms with Gasteiger partial charge in [0.1, 0.15) is 11.6 Å². The Balaban J connectivity index is 0.00000420. The first-order chi connectivity index (χ1) is 13.5. The van der Waals surface area contributed by atoms with Crippen molar-refractivity contribution in [3.63, 3.8) is 0 Å². The van der Waals surface area contributed by atoms with Crippen LogP contribution in [0.15, 0.2) is 35.3 Å². The van der Waals surface area contributed by atoms with Crippen molar-refractivity contribution in [2.24, 2.45) is 4.99 Å². The molecule has 9 heteroatoms. The number of halogens is 3. The van der Waals surface area contributed by atoms with Gasteiger partial charge in [0, 0.05) is 13.1 Å². The van der Waals surface area contributed by atoms with E-state index in [-0.39, 0.29) is 29.7 Å².